The Morgan fingerprint density at radius 1 is 1.53 bits per heavy atom. The van der Waals surface area contributed by atoms with Crippen LogP contribution in [0.2, 0.25) is 0 Å². The van der Waals surface area contributed by atoms with E-state index >= 15 is 0 Å². The molecule has 3 nitrogen and oxygen atoms in total. The number of benzene rings is 1. The molecule has 2 aliphatic rings. The van der Waals surface area contributed by atoms with Crippen LogP contribution < -0.4 is 10.1 Å². The van der Waals surface area contributed by atoms with Crippen LogP contribution in [0.5, 0.6) is 5.75 Å². The van der Waals surface area contributed by atoms with Crippen LogP contribution in [0.4, 0.5) is 5.69 Å². The van der Waals surface area contributed by atoms with E-state index in [1.54, 1.807) is 0 Å². The Kier molecular flexibility index (Phi) is 1.74. The van der Waals surface area contributed by atoms with Crippen molar-refractivity contribution in [2.45, 2.75) is 24.5 Å². The van der Waals surface area contributed by atoms with Gasteiger partial charge in [-0.3, -0.25) is 0 Å². The number of anilines is 1. The number of hydrogen-bond donors (Lipinski definition) is 1. The standard InChI is InChI=1S/C11H9BrN2O/c12-7-1-2-9-8(5-7)14-10(6-13)11(15-9)3-4-11/h1-2,5,10,14H,3-4H2/t10-/m0/s1. The van der Waals surface area contributed by atoms with Crippen molar-refractivity contribution in [2.24, 2.45) is 0 Å². The van der Waals surface area contributed by atoms with E-state index < -0.39 is 0 Å². The van der Waals surface area contributed by atoms with Gasteiger partial charge in [0.15, 0.2) is 6.04 Å². The van der Waals surface area contributed by atoms with Crippen molar-refractivity contribution in [1.82, 2.24) is 0 Å². The molecule has 1 aromatic carbocycles. The zero-order valence-corrected chi connectivity index (χ0v) is 9.54. The Bertz CT molecular complexity index is 462. The van der Waals surface area contributed by atoms with Gasteiger partial charge < -0.3 is 10.1 Å². The van der Waals surface area contributed by atoms with Crippen LogP contribution in [-0.2, 0) is 0 Å². The van der Waals surface area contributed by atoms with Gasteiger partial charge in [0.1, 0.15) is 11.4 Å². The minimum absolute atomic E-state index is 0.223. The number of nitriles is 1. The lowest BCUT2D eigenvalue weighted by Crippen LogP contribution is -2.42. The molecule has 0 bridgehead atoms. The van der Waals surface area contributed by atoms with Gasteiger partial charge in [-0.2, -0.15) is 5.26 Å². The zero-order chi connectivity index (χ0) is 10.5. The van der Waals surface area contributed by atoms with Crippen LogP contribution in [-0.4, -0.2) is 11.6 Å². The van der Waals surface area contributed by atoms with Crippen LogP contribution in [0.25, 0.3) is 0 Å². The van der Waals surface area contributed by atoms with E-state index in [-0.39, 0.29) is 11.6 Å². The first-order chi connectivity index (χ1) is 7.23. The summed E-state index contributed by atoms with van der Waals surface area (Å²) >= 11 is 3.40. The van der Waals surface area contributed by atoms with Crippen molar-refractivity contribution in [2.75, 3.05) is 5.32 Å². The second-order valence-electron chi connectivity index (χ2n) is 4.01. The highest BCUT2D eigenvalue weighted by Crippen LogP contribution is 2.49. The second-order valence-corrected chi connectivity index (χ2v) is 4.93. The normalized spacial score (nSPS) is 24.7. The number of halogens is 1. The third-order valence-corrected chi connectivity index (χ3v) is 3.45. The molecule has 1 aliphatic carbocycles. The fourth-order valence-corrected chi connectivity index (χ4v) is 2.29. The Morgan fingerprint density at radius 2 is 2.33 bits per heavy atom. The first-order valence-electron chi connectivity index (χ1n) is 4.88. The molecule has 15 heavy (non-hydrogen) atoms. The SMILES string of the molecule is N#C[C@@H]1Nc2cc(Br)ccc2OC12CC2. The van der Waals surface area contributed by atoms with Gasteiger partial charge >= 0.3 is 0 Å². The Labute approximate surface area is 96.2 Å². The molecule has 0 aromatic heterocycles. The molecule has 1 aliphatic heterocycles. The maximum absolute atomic E-state index is 9.06. The zero-order valence-electron chi connectivity index (χ0n) is 7.96. The van der Waals surface area contributed by atoms with Crippen molar-refractivity contribution in [3.8, 4) is 11.8 Å². The highest BCUT2D eigenvalue weighted by molar-refractivity contribution is 9.10. The van der Waals surface area contributed by atoms with Gasteiger partial charge in [0.2, 0.25) is 0 Å². The van der Waals surface area contributed by atoms with Crippen molar-refractivity contribution in [3.05, 3.63) is 22.7 Å². The molecule has 0 unspecified atom stereocenters. The number of ether oxygens (including phenoxy) is 1. The fraction of sp³-hybridized carbons (Fsp3) is 0.364. The molecular formula is C11H9BrN2O. The Balaban J connectivity index is 2.03. The molecule has 1 saturated carbocycles. The van der Waals surface area contributed by atoms with Crippen LogP contribution in [0.3, 0.4) is 0 Å². The lowest BCUT2D eigenvalue weighted by atomic mass is 10.1. The second kappa shape index (κ2) is 2.89. The molecular weight excluding hydrogens is 256 g/mol. The van der Waals surface area contributed by atoms with Crippen LogP contribution >= 0.6 is 15.9 Å². The van der Waals surface area contributed by atoms with E-state index in [1.165, 1.54) is 0 Å². The van der Waals surface area contributed by atoms with E-state index in [0.29, 0.717) is 0 Å². The van der Waals surface area contributed by atoms with Crippen molar-refractivity contribution in [1.29, 1.82) is 5.26 Å². The van der Waals surface area contributed by atoms with E-state index in [2.05, 4.69) is 27.3 Å². The summed E-state index contributed by atoms with van der Waals surface area (Å²) in [6.45, 7) is 0. The van der Waals surface area contributed by atoms with E-state index in [4.69, 9.17) is 10.00 Å². The third-order valence-electron chi connectivity index (χ3n) is 2.95. The number of rotatable bonds is 0. The maximum Gasteiger partial charge on any atom is 0.154 e. The summed E-state index contributed by atoms with van der Waals surface area (Å²) < 4.78 is 6.87. The molecule has 1 atom stereocenters. The van der Waals surface area contributed by atoms with Gasteiger partial charge in [0, 0.05) is 4.47 Å². The number of hydrogen-bond acceptors (Lipinski definition) is 3. The number of fused-ring (bicyclic) bond motifs is 1. The molecule has 1 N–H and O–H groups in total. The summed E-state index contributed by atoms with van der Waals surface area (Å²) in [5.74, 6) is 0.849. The lowest BCUT2D eigenvalue weighted by Gasteiger charge is -2.31. The topological polar surface area (TPSA) is 45.0 Å². The lowest BCUT2D eigenvalue weighted by molar-refractivity contribution is 0.163. The molecule has 3 rings (SSSR count). The minimum atomic E-state index is -0.254. The average molecular weight is 265 g/mol. The Hall–Kier alpha value is -1.21. The largest absolute Gasteiger partial charge is 0.482 e. The smallest absolute Gasteiger partial charge is 0.154 e. The van der Waals surface area contributed by atoms with Gasteiger partial charge in [0.25, 0.3) is 0 Å². The predicted octanol–water partition coefficient (Wildman–Crippen LogP) is 2.68. The van der Waals surface area contributed by atoms with Crippen molar-refractivity contribution in [3.63, 3.8) is 0 Å². The number of nitrogens with one attached hydrogen (secondary N) is 1. The molecule has 0 saturated heterocycles. The van der Waals surface area contributed by atoms with E-state index in [1.807, 2.05) is 18.2 Å². The molecule has 0 amide bonds. The summed E-state index contributed by atoms with van der Waals surface area (Å²) in [6, 6.07) is 7.86. The molecule has 76 valence electrons. The maximum atomic E-state index is 9.06. The van der Waals surface area contributed by atoms with Crippen LogP contribution in [0.1, 0.15) is 12.8 Å². The fourth-order valence-electron chi connectivity index (χ4n) is 1.93. The van der Waals surface area contributed by atoms with Gasteiger partial charge in [0.05, 0.1) is 11.8 Å². The summed E-state index contributed by atoms with van der Waals surface area (Å²) in [4.78, 5) is 0. The summed E-state index contributed by atoms with van der Waals surface area (Å²) in [7, 11) is 0. The van der Waals surface area contributed by atoms with E-state index in [9.17, 15) is 0 Å². The summed E-state index contributed by atoms with van der Waals surface area (Å²) in [5.41, 5.74) is 0.642. The molecule has 1 fully saturated rings. The molecule has 1 spiro atoms. The summed E-state index contributed by atoms with van der Waals surface area (Å²) in [6.07, 6.45) is 1.93. The number of nitrogens with zero attached hydrogens (tertiary/aromatic N) is 1. The monoisotopic (exact) mass is 264 g/mol. The summed E-state index contributed by atoms with van der Waals surface area (Å²) in [5, 5.41) is 12.3. The highest BCUT2D eigenvalue weighted by atomic mass is 79.9. The average Bonchev–Trinajstić information content (AvgIpc) is 2.98. The highest BCUT2D eigenvalue weighted by Gasteiger charge is 2.55. The molecule has 1 heterocycles. The van der Waals surface area contributed by atoms with Gasteiger partial charge in [-0.05, 0) is 31.0 Å². The third kappa shape index (κ3) is 1.30. The molecule has 0 radical (unpaired) electrons. The first kappa shape index (κ1) is 9.05. The molecule has 1 aromatic rings. The minimum Gasteiger partial charge on any atom is -0.482 e. The van der Waals surface area contributed by atoms with Crippen LogP contribution in [0.15, 0.2) is 22.7 Å². The first-order valence-corrected chi connectivity index (χ1v) is 5.68. The van der Waals surface area contributed by atoms with Crippen molar-refractivity contribution < 1.29 is 4.74 Å². The quantitative estimate of drug-likeness (QED) is 0.784. The molecule has 4 heteroatoms. The van der Waals surface area contributed by atoms with Crippen LogP contribution in [0, 0.1) is 11.3 Å². The predicted molar refractivity (Wildman–Crippen MR) is 59.8 cm³/mol. The van der Waals surface area contributed by atoms with Gasteiger partial charge in [-0.15, -0.1) is 0 Å². The van der Waals surface area contributed by atoms with Gasteiger partial charge in [-0.25, -0.2) is 0 Å². The van der Waals surface area contributed by atoms with Gasteiger partial charge in [-0.1, -0.05) is 15.9 Å². The van der Waals surface area contributed by atoms with E-state index in [0.717, 1.165) is 28.8 Å². The van der Waals surface area contributed by atoms with Crippen molar-refractivity contribution >= 4 is 21.6 Å². The Morgan fingerprint density at radius 3 is 3.00 bits per heavy atom.